The molecule has 0 aliphatic rings. The van der Waals surface area contributed by atoms with Crippen molar-refractivity contribution in [3.8, 4) is 5.75 Å². The molecule has 2 aromatic heterocycles. The summed E-state index contributed by atoms with van der Waals surface area (Å²) in [5.74, 6) is -1.03. The van der Waals surface area contributed by atoms with Gasteiger partial charge in [-0.25, -0.2) is 0 Å². The highest BCUT2D eigenvalue weighted by Crippen LogP contribution is 2.29. The van der Waals surface area contributed by atoms with E-state index in [-0.39, 0.29) is 0 Å². The van der Waals surface area contributed by atoms with Crippen LogP contribution in [-0.4, -0.2) is 23.2 Å². The first-order valence-corrected chi connectivity index (χ1v) is 8.14. The van der Waals surface area contributed by atoms with Crippen LogP contribution in [0, 0.1) is 0 Å². The van der Waals surface area contributed by atoms with Gasteiger partial charge in [0.1, 0.15) is 11.4 Å². The van der Waals surface area contributed by atoms with Gasteiger partial charge in [0.15, 0.2) is 0 Å². The molecule has 0 spiro atoms. The fourth-order valence-corrected chi connectivity index (χ4v) is 3.22. The Morgan fingerprint density at radius 3 is 2.40 bits per heavy atom. The highest BCUT2D eigenvalue weighted by atomic mass is 16.5. The van der Waals surface area contributed by atoms with Crippen LogP contribution < -0.4 is 10.5 Å². The van der Waals surface area contributed by atoms with Crippen LogP contribution in [0.3, 0.4) is 0 Å². The first-order valence-electron chi connectivity index (χ1n) is 8.14. The number of ketones is 1. The fraction of sp³-hybridized carbons (Fsp3) is 0.200. The van der Waals surface area contributed by atoms with Crippen molar-refractivity contribution >= 4 is 17.2 Å². The summed E-state index contributed by atoms with van der Waals surface area (Å²) in [5.41, 5.74) is 9.51. The molecule has 0 aliphatic carbocycles. The van der Waals surface area contributed by atoms with E-state index in [0.29, 0.717) is 24.3 Å². The average molecular weight is 336 g/mol. The largest absolute Gasteiger partial charge is 0.495 e. The van der Waals surface area contributed by atoms with E-state index in [9.17, 15) is 9.59 Å². The topological polar surface area (TPSA) is 73.8 Å². The summed E-state index contributed by atoms with van der Waals surface area (Å²) in [6, 6.07) is 13.8. The number of carbonyl (C=O) groups is 2. The zero-order valence-electron chi connectivity index (χ0n) is 14.3. The van der Waals surface area contributed by atoms with E-state index < -0.39 is 11.7 Å². The van der Waals surface area contributed by atoms with Crippen molar-refractivity contribution < 1.29 is 14.3 Å². The summed E-state index contributed by atoms with van der Waals surface area (Å²) in [6.45, 7) is 1.97. The van der Waals surface area contributed by atoms with Gasteiger partial charge in [-0.05, 0) is 41.7 Å². The van der Waals surface area contributed by atoms with Crippen LogP contribution in [0.25, 0.3) is 5.52 Å². The quantitative estimate of drug-likeness (QED) is 0.556. The predicted molar refractivity (Wildman–Crippen MR) is 96.1 cm³/mol. The molecule has 0 fully saturated rings. The molecule has 0 radical (unpaired) electrons. The summed E-state index contributed by atoms with van der Waals surface area (Å²) in [7, 11) is 1.56. The lowest BCUT2D eigenvalue weighted by Gasteiger charge is -2.05. The first-order chi connectivity index (χ1) is 12.1. The van der Waals surface area contributed by atoms with Gasteiger partial charge in [-0.3, -0.25) is 9.59 Å². The number of pyridine rings is 1. The molecule has 0 atom stereocenters. The van der Waals surface area contributed by atoms with E-state index in [2.05, 4.69) is 0 Å². The van der Waals surface area contributed by atoms with Crippen LogP contribution in [0.2, 0.25) is 0 Å². The van der Waals surface area contributed by atoms with Crippen molar-refractivity contribution in [2.24, 2.45) is 5.73 Å². The van der Waals surface area contributed by atoms with Crippen LogP contribution in [0.5, 0.6) is 5.75 Å². The molecule has 5 nitrogen and oxygen atoms in total. The Kier molecular flexibility index (Phi) is 4.57. The normalized spacial score (nSPS) is 10.8. The zero-order valence-corrected chi connectivity index (χ0v) is 14.3. The number of benzene rings is 1. The third kappa shape index (κ3) is 3.01. The van der Waals surface area contributed by atoms with Gasteiger partial charge in [-0.2, -0.15) is 0 Å². The molecule has 0 saturated carbocycles. The van der Waals surface area contributed by atoms with Gasteiger partial charge in [0, 0.05) is 5.52 Å². The molecule has 0 aliphatic heterocycles. The maximum atomic E-state index is 12.5. The van der Waals surface area contributed by atoms with Crippen LogP contribution in [0.4, 0.5) is 0 Å². The minimum atomic E-state index is -0.955. The van der Waals surface area contributed by atoms with Gasteiger partial charge in [-0.15, -0.1) is 0 Å². The van der Waals surface area contributed by atoms with Crippen molar-refractivity contribution in [3.05, 3.63) is 71.0 Å². The smallest absolute Gasteiger partial charge is 0.291 e. The number of amides is 1. The number of carbonyl (C=O) groups excluding carboxylic acids is 2. The minimum absolute atomic E-state index is 0.329. The Hall–Kier alpha value is -3.08. The first kappa shape index (κ1) is 16.8. The number of ether oxygens (including phenoxy) is 1. The van der Waals surface area contributed by atoms with Gasteiger partial charge in [0.25, 0.3) is 11.7 Å². The molecule has 3 aromatic rings. The highest BCUT2D eigenvalue weighted by molar-refractivity contribution is 6.42. The number of nitrogens with zero attached hydrogens (tertiary/aromatic N) is 1. The third-order valence-electron chi connectivity index (χ3n) is 4.37. The maximum absolute atomic E-state index is 12.5. The number of hydrogen-bond acceptors (Lipinski definition) is 3. The van der Waals surface area contributed by atoms with E-state index in [0.717, 1.165) is 22.2 Å². The van der Waals surface area contributed by atoms with E-state index in [1.54, 1.807) is 17.7 Å². The van der Waals surface area contributed by atoms with Crippen LogP contribution in [0.1, 0.15) is 34.1 Å². The fourth-order valence-electron chi connectivity index (χ4n) is 3.22. The number of Topliss-reactive ketones (excluding diaryl/α,β-unsaturated/α-hetero) is 1. The lowest BCUT2D eigenvalue weighted by Crippen LogP contribution is -2.25. The molecule has 1 aromatic carbocycles. The summed E-state index contributed by atoms with van der Waals surface area (Å²) in [6.07, 6.45) is 3.02. The maximum Gasteiger partial charge on any atom is 0.291 e. The number of nitrogens with two attached hydrogens (primary N) is 1. The molecule has 0 bridgehead atoms. The van der Waals surface area contributed by atoms with E-state index in [4.69, 9.17) is 10.5 Å². The van der Waals surface area contributed by atoms with Gasteiger partial charge in [-0.1, -0.05) is 37.3 Å². The Labute approximate surface area is 146 Å². The van der Waals surface area contributed by atoms with Gasteiger partial charge in [0.05, 0.1) is 13.3 Å². The van der Waals surface area contributed by atoms with Crippen molar-refractivity contribution in [2.75, 3.05) is 7.11 Å². The molecular weight excluding hydrogens is 316 g/mol. The molecule has 0 saturated heterocycles. The van der Waals surface area contributed by atoms with Crippen LogP contribution in [0.15, 0.2) is 48.7 Å². The second-order valence-corrected chi connectivity index (χ2v) is 5.84. The van der Waals surface area contributed by atoms with Crippen LogP contribution >= 0.6 is 0 Å². The summed E-state index contributed by atoms with van der Waals surface area (Å²) >= 11 is 0. The molecule has 5 heteroatoms. The lowest BCUT2D eigenvalue weighted by atomic mass is 9.98. The minimum Gasteiger partial charge on any atom is -0.495 e. The monoisotopic (exact) mass is 336 g/mol. The Bertz CT molecular complexity index is 942. The number of methoxy groups -OCH3 is 1. The van der Waals surface area contributed by atoms with Crippen molar-refractivity contribution in [1.82, 2.24) is 4.40 Å². The van der Waals surface area contributed by atoms with Gasteiger partial charge in [0.2, 0.25) is 0 Å². The summed E-state index contributed by atoms with van der Waals surface area (Å²) < 4.78 is 7.00. The van der Waals surface area contributed by atoms with E-state index in [1.165, 1.54) is 0 Å². The Balaban J connectivity index is 2.28. The Morgan fingerprint density at radius 2 is 1.80 bits per heavy atom. The van der Waals surface area contributed by atoms with Gasteiger partial charge < -0.3 is 14.9 Å². The average Bonchev–Trinajstić information content (AvgIpc) is 2.94. The molecule has 1 amide bonds. The third-order valence-corrected chi connectivity index (χ3v) is 4.37. The van der Waals surface area contributed by atoms with E-state index in [1.807, 2.05) is 49.4 Å². The number of hydrogen-bond donors (Lipinski definition) is 1. The molecule has 25 heavy (non-hydrogen) atoms. The molecule has 128 valence electrons. The second kappa shape index (κ2) is 6.81. The van der Waals surface area contributed by atoms with Crippen LogP contribution in [-0.2, 0) is 17.6 Å². The van der Waals surface area contributed by atoms with E-state index >= 15 is 0 Å². The number of aromatic nitrogens is 1. The molecule has 3 rings (SSSR count). The summed E-state index contributed by atoms with van der Waals surface area (Å²) in [4.78, 5) is 24.0. The lowest BCUT2D eigenvalue weighted by molar-refractivity contribution is -0.114. The Morgan fingerprint density at radius 1 is 1.08 bits per heavy atom. The van der Waals surface area contributed by atoms with Crippen molar-refractivity contribution in [3.63, 3.8) is 0 Å². The van der Waals surface area contributed by atoms with Crippen molar-refractivity contribution in [1.29, 1.82) is 0 Å². The predicted octanol–water partition coefficient (Wildman–Crippen LogP) is 2.77. The zero-order chi connectivity index (χ0) is 18.0. The number of rotatable bonds is 6. The van der Waals surface area contributed by atoms with Crippen molar-refractivity contribution in [2.45, 2.75) is 19.8 Å². The molecular formula is C20H20N2O3. The summed E-state index contributed by atoms with van der Waals surface area (Å²) in [5, 5.41) is 0. The standard InChI is InChI=1S/C20H20N2O3/c1-3-15-16(11-13-7-5-4-6-8-13)17-10-9-14(25-2)12-22(17)18(15)19(23)20(21)24/h4-10,12H,3,11H2,1-2H3,(H2,21,24). The highest BCUT2D eigenvalue weighted by Gasteiger charge is 2.25. The SMILES string of the molecule is CCc1c(Cc2ccccc2)c2ccc(OC)cn2c1C(=O)C(N)=O. The second-order valence-electron chi connectivity index (χ2n) is 5.84. The number of primary amides is 1. The van der Waals surface area contributed by atoms with Gasteiger partial charge >= 0.3 is 0 Å². The molecule has 2 N–H and O–H groups in total. The number of fused-ring (bicyclic) bond motifs is 1. The molecule has 0 unspecified atom stereocenters. The molecule has 2 heterocycles.